The average molecular weight is 838 g/mol. The van der Waals surface area contributed by atoms with Gasteiger partial charge in [-0.15, -0.1) is 0 Å². The summed E-state index contributed by atoms with van der Waals surface area (Å²) in [7, 11) is 0. The normalized spacial score (nSPS) is 13.0. The second-order valence-corrected chi connectivity index (χ2v) is 18.9. The van der Waals surface area contributed by atoms with Crippen LogP contribution in [-0.2, 0) is 4.74 Å². The van der Waals surface area contributed by atoms with Crippen LogP contribution in [0.2, 0.25) is 0 Å². The molecule has 59 heavy (non-hydrogen) atoms. The Morgan fingerprint density at radius 1 is 0.356 bits per heavy atom. The first-order valence-corrected chi connectivity index (χ1v) is 27.2. The number of aliphatic hydroxyl groups excluding tert-OH is 2. The van der Waals surface area contributed by atoms with Crippen molar-refractivity contribution in [3.8, 4) is 0 Å². The van der Waals surface area contributed by atoms with Crippen LogP contribution in [0.5, 0.6) is 0 Å². The summed E-state index contributed by atoms with van der Waals surface area (Å²) in [5.41, 5.74) is 5.83. The zero-order chi connectivity index (χ0) is 43.0. The van der Waals surface area contributed by atoms with Crippen LogP contribution < -0.4 is 5.73 Å². The highest BCUT2D eigenvalue weighted by Gasteiger charge is 2.13. The van der Waals surface area contributed by atoms with E-state index in [1.807, 2.05) is 0 Å². The molecule has 0 aromatic rings. The molecule has 0 rings (SSSR count). The van der Waals surface area contributed by atoms with Gasteiger partial charge < -0.3 is 30.5 Å². The van der Waals surface area contributed by atoms with E-state index in [2.05, 4.69) is 30.6 Å². The number of nitrogens with zero attached hydrogens (tertiary/aromatic N) is 2. The molecule has 0 saturated carbocycles. The molecule has 0 aromatic carbocycles. The number of nitrogens with two attached hydrogens (primary N) is 1. The van der Waals surface area contributed by atoms with Gasteiger partial charge in [-0.2, -0.15) is 0 Å². The fourth-order valence-corrected chi connectivity index (χ4v) is 8.74. The van der Waals surface area contributed by atoms with E-state index in [9.17, 15) is 10.2 Å². The lowest BCUT2D eigenvalue weighted by Crippen LogP contribution is -2.38. The Labute approximate surface area is 371 Å². The van der Waals surface area contributed by atoms with Gasteiger partial charge in [0, 0.05) is 32.7 Å². The summed E-state index contributed by atoms with van der Waals surface area (Å²) in [6.45, 7) is 13.8. The van der Waals surface area contributed by atoms with Gasteiger partial charge in [-0.3, -0.25) is 0 Å². The Balaban J connectivity index is 4.47. The summed E-state index contributed by atoms with van der Waals surface area (Å²) in [6, 6.07) is 0. The maximum Gasteiger partial charge on any atom is 0.155 e. The van der Waals surface area contributed by atoms with E-state index < -0.39 is 12.4 Å². The highest BCUT2D eigenvalue weighted by molar-refractivity contribution is 4.68. The lowest BCUT2D eigenvalue weighted by atomic mass is 10.0. The van der Waals surface area contributed by atoms with Gasteiger partial charge in [0.15, 0.2) is 6.29 Å². The molecule has 0 amide bonds. The minimum absolute atomic E-state index is 0.339. The van der Waals surface area contributed by atoms with Gasteiger partial charge >= 0.3 is 0 Å². The van der Waals surface area contributed by atoms with Gasteiger partial charge in [-0.25, -0.2) is 0 Å². The zero-order valence-corrected chi connectivity index (χ0v) is 40.9. The molecule has 0 aromatic heterocycles. The monoisotopic (exact) mass is 838 g/mol. The van der Waals surface area contributed by atoms with E-state index in [4.69, 9.17) is 10.5 Å². The molecule has 2 atom stereocenters. The van der Waals surface area contributed by atoms with E-state index in [1.54, 1.807) is 0 Å². The number of unbranched alkanes of at least 4 members (excludes halogenated alkanes) is 35. The molecule has 0 aliphatic carbocycles. The third kappa shape index (κ3) is 47.1. The highest BCUT2D eigenvalue weighted by Crippen LogP contribution is 2.16. The van der Waals surface area contributed by atoms with Gasteiger partial charge in [0.1, 0.15) is 0 Å². The van der Waals surface area contributed by atoms with E-state index in [0.717, 1.165) is 52.0 Å². The SMILES string of the molecule is CCCCCCCCCCCCCCCOC(O)CCN(CCCCCCCCCCCCCC)CCCCN(CCCCCCCCCCCCCC)CC(O)CN. The fraction of sp³-hybridized carbons (Fsp3) is 1.00. The highest BCUT2D eigenvalue weighted by atomic mass is 16.6. The van der Waals surface area contributed by atoms with Crippen molar-refractivity contribution in [2.45, 2.75) is 290 Å². The molecule has 0 fully saturated rings. The third-order valence-electron chi connectivity index (χ3n) is 12.8. The van der Waals surface area contributed by atoms with Gasteiger partial charge in [-0.05, 0) is 58.3 Å². The van der Waals surface area contributed by atoms with Crippen molar-refractivity contribution in [3.63, 3.8) is 0 Å². The molecule has 0 bridgehead atoms. The molecule has 356 valence electrons. The maximum atomic E-state index is 10.7. The molecule has 0 spiro atoms. The zero-order valence-electron chi connectivity index (χ0n) is 40.9. The Morgan fingerprint density at radius 3 is 0.949 bits per heavy atom. The first-order chi connectivity index (χ1) is 29.1. The van der Waals surface area contributed by atoms with E-state index in [-0.39, 0.29) is 0 Å². The standard InChI is InChI=1S/C53H111N3O3/c1-4-7-10-13-16-19-22-25-28-31-34-37-42-49-59-53(58)43-48-55(44-38-35-32-29-26-23-20-17-14-11-8-5-2)45-40-41-47-56(51-52(57)50-54)46-39-36-33-30-27-24-21-18-15-12-9-6-3/h52-53,57-58H,4-51,54H2,1-3H3. The molecular weight excluding hydrogens is 727 g/mol. The van der Waals surface area contributed by atoms with Crippen molar-refractivity contribution in [1.29, 1.82) is 0 Å². The third-order valence-corrected chi connectivity index (χ3v) is 12.8. The topological polar surface area (TPSA) is 82.2 Å². The van der Waals surface area contributed by atoms with Crippen molar-refractivity contribution in [1.82, 2.24) is 9.80 Å². The van der Waals surface area contributed by atoms with E-state index in [0.29, 0.717) is 26.1 Å². The predicted molar refractivity (Wildman–Crippen MR) is 262 cm³/mol. The average Bonchev–Trinajstić information content (AvgIpc) is 3.24. The molecule has 0 aliphatic heterocycles. The molecule has 2 unspecified atom stereocenters. The van der Waals surface area contributed by atoms with Crippen LogP contribution in [0.15, 0.2) is 0 Å². The van der Waals surface area contributed by atoms with Crippen LogP contribution >= 0.6 is 0 Å². The molecule has 0 heterocycles. The van der Waals surface area contributed by atoms with Crippen LogP contribution in [-0.4, -0.2) is 84.8 Å². The van der Waals surface area contributed by atoms with Gasteiger partial charge in [0.2, 0.25) is 0 Å². The largest absolute Gasteiger partial charge is 0.390 e. The number of aliphatic hydroxyl groups is 2. The molecule has 6 heteroatoms. The smallest absolute Gasteiger partial charge is 0.155 e. The number of hydrogen-bond acceptors (Lipinski definition) is 6. The van der Waals surface area contributed by atoms with Gasteiger partial charge in [-0.1, -0.05) is 239 Å². The van der Waals surface area contributed by atoms with Crippen molar-refractivity contribution < 1.29 is 14.9 Å². The second-order valence-electron chi connectivity index (χ2n) is 18.9. The van der Waals surface area contributed by atoms with Crippen molar-refractivity contribution in [2.75, 3.05) is 52.4 Å². The fourth-order valence-electron chi connectivity index (χ4n) is 8.74. The summed E-state index contributed by atoms with van der Waals surface area (Å²) in [4.78, 5) is 5.07. The number of rotatable bonds is 52. The molecule has 0 radical (unpaired) electrons. The van der Waals surface area contributed by atoms with Crippen LogP contribution in [0.4, 0.5) is 0 Å². The molecule has 0 saturated heterocycles. The maximum absolute atomic E-state index is 10.7. The molecule has 6 nitrogen and oxygen atoms in total. The molecular formula is C53H111N3O3. The molecule has 0 aliphatic rings. The van der Waals surface area contributed by atoms with Crippen molar-refractivity contribution in [2.24, 2.45) is 5.73 Å². The Morgan fingerprint density at radius 2 is 0.627 bits per heavy atom. The minimum atomic E-state index is -0.652. The lowest BCUT2D eigenvalue weighted by molar-refractivity contribution is -0.107. The first-order valence-electron chi connectivity index (χ1n) is 27.2. The minimum Gasteiger partial charge on any atom is -0.390 e. The summed E-state index contributed by atoms with van der Waals surface area (Å²) < 4.78 is 5.90. The van der Waals surface area contributed by atoms with Crippen molar-refractivity contribution in [3.05, 3.63) is 0 Å². The Hall–Kier alpha value is -0.240. The Bertz CT molecular complexity index is 758. The second kappa shape index (κ2) is 50.4. The van der Waals surface area contributed by atoms with E-state index in [1.165, 1.54) is 231 Å². The van der Waals surface area contributed by atoms with E-state index >= 15 is 0 Å². The Kier molecular flexibility index (Phi) is 50.2. The number of ether oxygens (including phenoxy) is 1. The first kappa shape index (κ1) is 58.8. The van der Waals surface area contributed by atoms with Crippen LogP contribution in [0.3, 0.4) is 0 Å². The quantitative estimate of drug-likeness (QED) is 0.0418. The van der Waals surface area contributed by atoms with Crippen molar-refractivity contribution >= 4 is 0 Å². The van der Waals surface area contributed by atoms with Crippen LogP contribution in [0.25, 0.3) is 0 Å². The van der Waals surface area contributed by atoms with Crippen LogP contribution in [0, 0.1) is 0 Å². The number of hydrogen-bond donors (Lipinski definition) is 3. The van der Waals surface area contributed by atoms with Gasteiger partial charge in [0.05, 0.1) is 6.10 Å². The molecule has 4 N–H and O–H groups in total. The summed E-state index contributed by atoms with van der Waals surface area (Å²) in [6.07, 6.45) is 52.4. The van der Waals surface area contributed by atoms with Crippen LogP contribution in [0.1, 0.15) is 278 Å². The van der Waals surface area contributed by atoms with Gasteiger partial charge in [0.25, 0.3) is 0 Å². The lowest BCUT2D eigenvalue weighted by Gasteiger charge is -2.26. The summed E-state index contributed by atoms with van der Waals surface area (Å²) >= 11 is 0. The summed E-state index contributed by atoms with van der Waals surface area (Å²) in [5, 5.41) is 21.1. The predicted octanol–water partition coefficient (Wildman–Crippen LogP) is 14.9. The summed E-state index contributed by atoms with van der Waals surface area (Å²) in [5.74, 6) is 0.